The van der Waals surface area contributed by atoms with Crippen LogP contribution in [0.4, 0.5) is 8.78 Å². The molecule has 2 aromatic rings. The largest absolute Gasteiger partial charge is 0.337 e. The van der Waals surface area contributed by atoms with Gasteiger partial charge in [0.2, 0.25) is 0 Å². The Hall–Kier alpha value is -1.93. The third-order valence-electron chi connectivity index (χ3n) is 3.98. The fourth-order valence-corrected chi connectivity index (χ4v) is 3.52. The number of benzene rings is 1. The summed E-state index contributed by atoms with van der Waals surface area (Å²) >= 11 is 1.56. The lowest BCUT2D eigenvalue weighted by Crippen LogP contribution is -2.35. The van der Waals surface area contributed by atoms with E-state index < -0.39 is 17.5 Å². The lowest BCUT2D eigenvalue weighted by molar-refractivity contribution is 0.0755. The Kier molecular flexibility index (Phi) is 5.15. The van der Waals surface area contributed by atoms with Crippen LogP contribution in [0.25, 0.3) is 0 Å². The first-order valence-electron chi connectivity index (χ1n) is 7.79. The van der Waals surface area contributed by atoms with E-state index in [1.807, 2.05) is 6.92 Å². The lowest BCUT2D eigenvalue weighted by Gasteiger charge is -2.21. The van der Waals surface area contributed by atoms with E-state index in [1.54, 1.807) is 16.2 Å². The smallest absolute Gasteiger partial charge is 0.256 e. The van der Waals surface area contributed by atoms with Crippen LogP contribution in [0.2, 0.25) is 0 Å². The van der Waals surface area contributed by atoms with E-state index in [0.29, 0.717) is 26.2 Å². The third kappa shape index (κ3) is 3.76. The van der Waals surface area contributed by atoms with Crippen LogP contribution in [0.5, 0.6) is 0 Å². The molecule has 0 N–H and O–H groups in total. The molecule has 3 rings (SSSR count). The fourth-order valence-electron chi connectivity index (χ4n) is 2.76. The second-order valence-electron chi connectivity index (χ2n) is 5.74. The van der Waals surface area contributed by atoms with Crippen molar-refractivity contribution >= 4 is 17.2 Å². The van der Waals surface area contributed by atoms with Gasteiger partial charge in [-0.2, -0.15) is 0 Å². The van der Waals surface area contributed by atoms with Crippen molar-refractivity contribution in [2.45, 2.75) is 19.9 Å². The number of carbonyl (C=O) groups excluding carboxylic acids is 1. The van der Waals surface area contributed by atoms with Crippen LogP contribution < -0.4 is 0 Å². The normalized spacial score (nSPS) is 16.2. The summed E-state index contributed by atoms with van der Waals surface area (Å²) in [4.78, 5) is 16.3. The van der Waals surface area contributed by atoms with E-state index in [1.165, 1.54) is 12.1 Å². The number of carbonyl (C=O) groups is 1. The minimum Gasteiger partial charge on any atom is -0.337 e. The summed E-state index contributed by atoms with van der Waals surface area (Å²) in [5.41, 5.74) is -0.205. The molecule has 8 heteroatoms. The van der Waals surface area contributed by atoms with E-state index >= 15 is 0 Å². The second-order valence-corrected chi connectivity index (χ2v) is 7.00. The van der Waals surface area contributed by atoms with Gasteiger partial charge in [-0.15, -0.1) is 21.5 Å². The molecule has 1 saturated heterocycles. The predicted molar refractivity (Wildman–Crippen MR) is 86.8 cm³/mol. The van der Waals surface area contributed by atoms with Gasteiger partial charge in [0.15, 0.2) is 11.6 Å². The molecule has 0 spiro atoms. The lowest BCUT2D eigenvalue weighted by atomic mass is 10.1. The van der Waals surface area contributed by atoms with Gasteiger partial charge in [-0.25, -0.2) is 8.78 Å². The zero-order valence-electron chi connectivity index (χ0n) is 13.3. The number of aryl methyl sites for hydroxylation is 1. The Bertz CT molecular complexity index is 737. The molecule has 1 aromatic carbocycles. The molecule has 0 aliphatic carbocycles. The van der Waals surface area contributed by atoms with Crippen molar-refractivity contribution in [2.75, 3.05) is 26.2 Å². The molecular formula is C16H18F2N4OS. The summed E-state index contributed by atoms with van der Waals surface area (Å²) < 4.78 is 27.2. The average molecular weight is 352 g/mol. The molecule has 0 unspecified atom stereocenters. The predicted octanol–water partition coefficient (Wildman–Crippen LogP) is 2.47. The second kappa shape index (κ2) is 7.31. The summed E-state index contributed by atoms with van der Waals surface area (Å²) in [6.07, 6.45) is 0.778. The topological polar surface area (TPSA) is 49.3 Å². The Morgan fingerprint density at radius 3 is 2.79 bits per heavy atom. The SMILES string of the molecule is Cc1nnc(CN2CCCN(C(=O)c3cccc(F)c3F)CC2)s1. The van der Waals surface area contributed by atoms with Gasteiger partial charge in [-0.3, -0.25) is 9.69 Å². The van der Waals surface area contributed by atoms with E-state index in [2.05, 4.69) is 15.1 Å². The molecule has 0 bridgehead atoms. The maximum Gasteiger partial charge on any atom is 0.256 e. The molecule has 1 aliphatic rings. The van der Waals surface area contributed by atoms with Gasteiger partial charge >= 0.3 is 0 Å². The first-order valence-corrected chi connectivity index (χ1v) is 8.61. The minimum absolute atomic E-state index is 0.205. The fraction of sp³-hybridized carbons (Fsp3) is 0.438. The zero-order valence-corrected chi connectivity index (χ0v) is 14.2. The summed E-state index contributed by atoms with van der Waals surface area (Å²) in [5, 5.41) is 10.0. The highest BCUT2D eigenvalue weighted by molar-refractivity contribution is 7.11. The summed E-state index contributed by atoms with van der Waals surface area (Å²) in [5.74, 6) is -2.53. The van der Waals surface area contributed by atoms with E-state index in [9.17, 15) is 13.6 Å². The van der Waals surface area contributed by atoms with Gasteiger partial charge in [0.25, 0.3) is 5.91 Å². The van der Waals surface area contributed by atoms with Gasteiger partial charge in [0.1, 0.15) is 10.0 Å². The van der Waals surface area contributed by atoms with Crippen LogP contribution in [0, 0.1) is 18.6 Å². The highest BCUT2D eigenvalue weighted by Crippen LogP contribution is 2.17. The first-order chi connectivity index (χ1) is 11.5. The van der Waals surface area contributed by atoms with Crippen LogP contribution in [0.15, 0.2) is 18.2 Å². The standard InChI is InChI=1S/C16H18F2N4OS/c1-11-19-20-14(24-11)10-21-6-3-7-22(9-8-21)16(23)12-4-2-5-13(17)15(12)18/h2,4-5H,3,6-10H2,1H3. The number of halogens is 2. The van der Waals surface area contributed by atoms with Crippen LogP contribution >= 0.6 is 11.3 Å². The number of rotatable bonds is 3. The molecule has 1 amide bonds. The molecule has 5 nitrogen and oxygen atoms in total. The van der Waals surface area contributed by atoms with Crippen molar-refractivity contribution in [3.8, 4) is 0 Å². The Morgan fingerprint density at radius 2 is 2.04 bits per heavy atom. The van der Waals surface area contributed by atoms with Crippen LogP contribution in [-0.4, -0.2) is 52.1 Å². The van der Waals surface area contributed by atoms with E-state index in [4.69, 9.17) is 0 Å². The third-order valence-corrected chi connectivity index (χ3v) is 4.81. The highest BCUT2D eigenvalue weighted by atomic mass is 32.1. The van der Waals surface area contributed by atoms with Gasteiger partial charge < -0.3 is 4.90 Å². The molecule has 0 saturated carbocycles. The average Bonchev–Trinajstić information content (AvgIpc) is 2.82. The summed E-state index contributed by atoms with van der Waals surface area (Å²) in [7, 11) is 0. The van der Waals surface area contributed by atoms with Crippen molar-refractivity contribution in [3.05, 3.63) is 45.4 Å². The Balaban J connectivity index is 1.64. The molecule has 128 valence electrons. The van der Waals surface area contributed by atoms with Gasteiger partial charge in [0, 0.05) is 26.2 Å². The molecule has 0 atom stereocenters. The first kappa shape index (κ1) is 16.9. The summed E-state index contributed by atoms with van der Waals surface area (Å²) in [6.45, 7) is 5.11. The maximum absolute atomic E-state index is 13.8. The van der Waals surface area contributed by atoms with Gasteiger partial charge in [0.05, 0.1) is 12.1 Å². The highest BCUT2D eigenvalue weighted by Gasteiger charge is 2.24. The van der Waals surface area contributed by atoms with Crippen LogP contribution in [0.1, 0.15) is 26.8 Å². The molecule has 1 fully saturated rings. The summed E-state index contributed by atoms with van der Waals surface area (Å²) in [6, 6.07) is 3.70. The number of aromatic nitrogens is 2. The number of nitrogens with zero attached hydrogens (tertiary/aromatic N) is 4. The minimum atomic E-state index is -1.08. The zero-order chi connectivity index (χ0) is 17.1. The molecular weight excluding hydrogens is 334 g/mol. The van der Waals surface area contributed by atoms with Crippen molar-refractivity contribution in [1.29, 1.82) is 0 Å². The van der Waals surface area contributed by atoms with Gasteiger partial charge in [-0.05, 0) is 25.5 Å². The molecule has 2 heterocycles. The molecule has 24 heavy (non-hydrogen) atoms. The van der Waals surface area contributed by atoms with E-state index in [0.717, 1.165) is 29.0 Å². The Labute approximate surface area is 142 Å². The number of amides is 1. The van der Waals surface area contributed by atoms with E-state index in [-0.39, 0.29) is 5.56 Å². The van der Waals surface area contributed by atoms with Gasteiger partial charge in [-0.1, -0.05) is 6.07 Å². The van der Waals surface area contributed by atoms with Crippen LogP contribution in [0.3, 0.4) is 0 Å². The van der Waals surface area contributed by atoms with Crippen molar-refractivity contribution < 1.29 is 13.6 Å². The van der Waals surface area contributed by atoms with Crippen LogP contribution in [-0.2, 0) is 6.54 Å². The van der Waals surface area contributed by atoms with Crippen molar-refractivity contribution in [3.63, 3.8) is 0 Å². The number of hydrogen-bond donors (Lipinski definition) is 0. The molecule has 1 aliphatic heterocycles. The Morgan fingerprint density at radius 1 is 1.21 bits per heavy atom. The number of hydrogen-bond acceptors (Lipinski definition) is 5. The van der Waals surface area contributed by atoms with Crippen molar-refractivity contribution in [2.24, 2.45) is 0 Å². The molecule has 1 aromatic heterocycles. The van der Waals surface area contributed by atoms with Crippen molar-refractivity contribution in [1.82, 2.24) is 20.0 Å². The quantitative estimate of drug-likeness (QED) is 0.852. The maximum atomic E-state index is 13.8. The molecule has 0 radical (unpaired) electrons. The monoisotopic (exact) mass is 352 g/mol.